The summed E-state index contributed by atoms with van der Waals surface area (Å²) in [5.41, 5.74) is 5.86. The van der Waals surface area contributed by atoms with Crippen LogP contribution in [0.4, 0.5) is 17.1 Å². The molecule has 1 N–H and O–H groups in total. The minimum atomic E-state index is -0.377. The van der Waals surface area contributed by atoms with Gasteiger partial charge in [0, 0.05) is 36.4 Å². The van der Waals surface area contributed by atoms with Gasteiger partial charge in [0.15, 0.2) is 5.11 Å². The van der Waals surface area contributed by atoms with E-state index in [0.717, 1.165) is 65.9 Å². The molecule has 0 amide bonds. The fourth-order valence-corrected chi connectivity index (χ4v) is 7.16. The lowest BCUT2D eigenvalue weighted by atomic mass is 9.96. The fraction of sp³-hybridized carbons (Fsp3) is 0.333. The van der Waals surface area contributed by atoms with E-state index in [2.05, 4.69) is 45.2 Å². The Hall–Kier alpha value is -4.15. The second-order valence-corrected chi connectivity index (χ2v) is 12.4. The summed E-state index contributed by atoms with van der Waals surface area (Å²) in [6.45, 7) is 8.20. The maximum Gasteiger partial charge on any atom is 0.296 e. The first-order valence-electron chi connectivity index (χ1n) is 14.7. The van der Waals surface area contributed by atoms with E-state index in [1.54, 1.807) is 18.3 Å². The molecule has 44 heavy (non-hydrogen) atoms. The minimum absolute atomic E-state index is 0.0367. The number of methoxy groups -OCH3 is 1. The predicted octanol–water partition coefficient (Wildman–Crippen LogP) is 7.47. The molecule has 0 spiro atoms. The van der Waals surface area contributed by atoms with E-state index in [1.165, 1.54) is 13.2 Å². The molecule has 9 nitrogen and oxygen atoms in total. The SMILES string of the molecule is COc1ccc(-n2c(C)cc([C@H]3[C@@H](c4ccccn4)NC(=S)N3c3ccc(N4CCC(C)CC4)c(Cl)c3)c2C)c([N+](=O)[O-])c1. The van der Waals surface area contributed by atoms with Gasteiger partial charge in [-0.15, -0.1) is 0 Å². The number of aromatic nitrogens is 2. The van der Waals surface area contributed by atoms with E-state index in [9.17, 15) is 10.1 Å². The molecule has 2 aliphatic rings. The number of nitro benzene ring substituents is 1. The number of piperidine rings is 1. The Balaban J connectivity index is 1.46. The zero-order chi connectivity index (χ0) is 31.1. The molecule has 4 aromatic rings. The van der Waals surface area contributed by atoms with E-state index in [4.69, 9.17) is 28.6 Å². The molecule has 0 aliphatic carbocycles. The van der Waals surface area contributed by atoms with Gasteiger partial charge < -0.3 is 24.4 Å². The van der Waals surface area contributed by atoms with Gasteiger partial charge in [-0.25, -0.2) is 0 Å². The first-order valence-corrected chi connectivity index (χ1v) is 15.5. The third kappa shape index (κ3) is 5.37. The minimum Gasteiger partial charge on any atom is -0.496 e. The largest absolute Gasteiger partial charge is 0.496 e. The molecule has 6 rings (SSSR count). The molecule has 0 unspecified atom stereocenters. The smallest absolute Gasteiger partial charge is 0.296 e. The summed E-state index contributed by atoms with van der Waals surface area (Å²) in [6, 6.07) is 18.4. The molecule has 2 atom stereocenters. The average molecular weight is 631 g/mol. The van der Waals surface area contributed by atoms with E-state index in [0.29, 0.717) is 21.6 Å². The van der Waals surface area contributed by atoms with Crippen LogP contribution in [0.3, 0.4) is 0 Å². The number of nitrogens with zero attached hydrogens (tertiary/aromatic N) is 5. The third-order valence-electron chi connectivity index (χ3n) is 8.84. The molecule has 0 radical (unpaired) electrons. The second-order valence-electron chi connectivity index (χ2n) is 11.6. The van der Waals surface area contributed by atoms with Crippen LogP contribution in [0.5, 0.6) is 5.75 Å². The first-order chi connectivity index (χ1) is 21.2. The molecular weight excluding hydrogens is 596 g/mol. The zero-order valence-electron chi connectivity index (χ0n) is 25.2. The quantitative estimate of drug-likeness (QED) is 0.128. The second kappa shape index (κ2) is 12.1. The first kappa shape index (κ1) is 29.9. The molecule has 0 saturated carbocycles. The van der Waals surface area contributed by atoms with Gasteiger partial charge in [0.1, 0.15) is 11.4 Å². The highest BCUT2D eigenvalue weighted by atomic mass is 35.5. The number of pyridine rings is 1. The van der Waals surface area contributed by atoms with E-state index in [-0.39, 0.29) is 22.7 Å². The number of nitrogens with one attached hydrogen (secondary N) is 1. The van der Waals surface area contributed by atoms with Crippen LogP contribution in [0.1, 0.15) is 54.5 Å². The number of anilines is 2. The summed E-state index contributed by atoms with van der Waals surface area (Å²) in [4.78, 5) is 20.9. The number of thiocarbonyl (C=S) groups is 1. The molecule has 2 aromatic heterocycles. The summed E-state index contributed by atoms with van der Waals surface area (Å²) in [5, 5.41) is 16.9. The molecule has 2 saturated heterocycles. The Labute approximate surface area is 267 Å². The van der Waals surface area contributed by atoms with Gasteiger partial charge in [-0.2, -0.15) is 0 Å². The molecule has 4 heterocycles. The Morgan fingerprint density at radius 2 is 1.82 bits per heavy atom. The number of ether oxygens (including phenoxy) is 1. The molecule has 2 fully saturated rings. The van der Waals surface area contributed by atoms with Crippen LogP contribution in [-0.4, -0.2) is 39.8 Å². The van der Waals surface area contributed by atoms with E-state index < -0.39 is 0 Å². The average Bonchev–Trinajstić information content (AvgIpc) is 3.52. The van der Waals surface area contributed by atoms with Crippen LogP contribution >= 0.6 is 23.8 Å². The number of halogens is 1. The van der Waals surface area contributed by atoms with Crippen molar-refractivity contribution in [1.82, 2.24) is 14.9 Å². The van der Waals surface area contributed by atoms with Crippen LogP contribution in [0.25, 0.3) is 5.69 Å². The normalized spacial score (nSPS) is 18.9. The van der Waals surface area contributed by atoms with Crippen molar-refractivity contribution in [2.24, 2.45) is 5.92 Å². The van der Waals surface area contributed by atoms with Crippen molar-refractivity contribution >= 4 is 46.0 Å². The van der Waals surface area contributed by atoms with E-state index in [1.807, 2.05) is 42.7 Å². The van der Waals surface area contributed by atoms with Crippen LogP contribution in [0.15, 0.2) is 66.9 Å². The number of hydrogen-bond donors (Lipinski definition) is 1. The van der Waals surface area contributed by atoms with Crippen molar-refractivity contribution in [3.8, 4) is 11.4 Å². The van der Waals surface area contributed by atoms with Crippen molar-refractivity contribution in [1.29, 1.82) is 0 Å². The van der Waals surface area contributed by atoms with Crippen LogP contribution in [-0.2, 0) is 0 Å². The molecule has 0 bridgehead atoms. The van der Waals surface area contributed by atoms with Gasteiger partial charge in [-0.1, -0.05) is 24.6 Å². The van der Waals surface area contributed by atoms with Crippen molar-refractivity contribution in [2.45, 2.75) is 45.7 Å². The number of aryl methyl sites for hydroxylation is 1. The summed E-state index contributed by atoms with van der Waals surface area (Å²) in [7, 11) is 1.50. The van der Waals surface area contributed by atoms with Crippen molar-refractivity contribution < 1.29 is 9.66 Å². The highest BCUT2D eigenvalue weighted by Gasteiger charge is 2.42. The third-order valence-corrected chi connectivity index (χ3v) is 9.46. The van der Waals surface area contributed by atoms with Gasteiger partial charge in [0.25, 0.3) is 5.69 Å². The lowest BCUT2D eigenvalue weighted by molar-refractivity contribution is -0.384. The Kier molecular flexibility index (Phi) is 8.22. The highest BCUT2D eigenvalue weighted by molar-refractivity contribution is 7.80. The topological polar surface area (TPSA) is 88.7 Å². The molecule has 228 valence electrons. The Bertz CT molecular complexity index is 1720. The predicted molar refractivity (Wildman–Crippen MR) is 178 cm³/mol. The van der Waals surface area contributed by atoms with Crippen LogP contribution in [0, 0.1) is 29.9 Å². The van der Waals surface area contributed by atoms with E-state index >= 15 is 0 Å². The van der Waals surface area contributed by atoms with Crippen molar-refractivity contribution in [3.05, 3.63) is 105 Å². The van der Waals surface area contributed by atoms with Gasteiger partial charge in [-0.05, 0) is 98.9 Å². The summed E-state index contributed by atoms with van der Waals surface area (Å²) < 4.78 is 7.20. The Morgan fingerprint density at radius 1 is 1.07 bits per heavy atom. The van der Waals surface area contributed by atoms with Crippen LogP contribution < -0.4 is 19.9 Å². The monoisotopic (exact) mass is 630 g/mol. The fourth-order valence-electron chi connectivity index (χ4n) is 6.52. The summed E-state index contributed by atoms with van der Waals surface area (Å²) >= 11 is 12.9. The van der Waals surface area contributed by atoms with Crippen molar-refractivity contribution in [2.75, 3.05) is 30.0 Å². The molecule has 11 heteroatoms. The zero-order valence-corrected chi connectivity index (χ0v) is 26.7. The van der Waals surface area contributed by atoms with Gasteiger partial charge in [0.2, 0.25) is 0 Å². The van der Waals surface area contributed by atoms with Gasteiger partial charge in [-0.3, -0.25) is 15.1 Å². The maximum atomic E-state index is 12.1. The molecular formula is C33H35ClN6O3S. The Morgan fingerprint density at radius 3 is 2.48 bits per heavy atom. The van der Waals surface area contributed by atoms with Gasteiger partial charge >= 0.3 is 0 Å². The summed E-state index contributed by atoms with van der Waals surface area (Å²) in [5.74, 6) is 1.15. The molecule has 2 aliphatic heterocycles. The number of rotatable bonds is 7. The number of benzene rings is 2. The standard InChI is InChI=1S/C33H35ClN6O3S/c1-20-12-15-37(16-13-20)28-10-8-23(18-26(28)34)39-32(31(36-33(39)44)27-7-5-6-14-35-27)25-17-21(2)38(22(25)3)29-11-9-24(43-4)19-30(29)40(41)42/h5-11,14,17-20,31-32H,12-13,15-16H2,1-4H3,(H,36,44)/t31-,32+/m1/s1. The maximum absolute atomic E-state index is 12.1. The number of hydrogen-bond acceptors (Lipinski definition) is 6. The van der Waals surface area contributed by atoms with Crippen LogP contribution in [0.2, 0.25) is 5.02 Å². The lowest BCUT2D eigenvalue weighted by Gasteiger charge is -2.33. The molecule has 2 aromatic carbocycles. The van der Waals surface area contributed by atoms with Crippen molar-refractivity contribution in [3.63, 3.8) is 0 Å². The lowest BCUT2D eigenvalue weighted by Crippen LogP contribution is -2.33. The summed E-state index contributed by atoms with van der Waals surface area (Å²) in [6.07, 6.45) is 4.07. The highest BCUT2D eigenvalue weighted by Crippen LogP contribution is 2.45. The number of nitro groups is 1. The van der Waals surface area contributed by atoms with Gasteiger partial charge in [0.05, 0.1) is 46.6 Å².